The van der Waals surface area contributed by atoms with E-state index < -0.39 is 0 Å². The molecule has 0 saturated carbocycles. The molecule has 27 heavy (non-hydrogen) atoms. The lowest BCUT2D eigenvalue weighted by molar-refractivity contribution is -0.131. The molecule has 0 atom stereocenters. The second kappa shape index (κ2) is 10.7. The molecular weight excluding hydrogens is 366 g/mol. The summed E-state index contributed by atoms with van der Waals surface area (Å²) in [7, 11) is 3.20. The van der Waals surface area contributed by atoms with Crippen LogP contribution in [-0.4, -0.2) is 38.2 Å². The number of carbonyl (C=O) groups is 1. The molecule has 2 aromatic carbocycles. The average molecular weight is 392 g/mol. The zero-order chi connectivity index (χ0) is 19.6. The third-order valence-electron chi connectivity index (χ3n) is 4.17. The predicted molar refractivity (Wildman–Crippen MR) is 107 cm³/mol. The molecule has 0 heterocycles. The van der Waals surface area contributed by atoms with Crippen LogP contribution in [-0.2, 0) is 11.3 Å². The van der Waals surface area contributed by atoms with Gasteiger partial charge in [0.05, 0.1) is 20.8 Å². The molecule has 0 N–H and O–H groups in total. The van der Waals surface area contributed by atoms with Crippen molar-refractivity contribution in [1.82, 2.24) is 4.90 Å². The summed E-state index contributed by atoms with van der Waals surface area (Å²) in [6.45, 7) is 3.64. The molecule has 0 fully saturated rings. The van der Waals surface area contributed by atoms with Crippen LogP contribution in [0.2, 0.25) is 5.02 Å². The van der Waals surface area contributed by atoms with Crippen molar-refractivity contribution in [1.29, 1.82) is 0 Å². The molecule has 1 amide bonds. The van der Waals surface area contributed by atoms with Crippen LogP contribution in [0.5, 0.6) is 17.2 Å². The van der Waals surface area contributed by atoms with Crippen LogP contribution in [0.25, 0.3) is 0 Å². The molecule has 5 nitrogen and oxygen atoms in total. The molecule has 2 rings (SSSR count). The molecule has 0 unspecified atom stereocenters. The Morgan fingerprint density at radius 1 is 1.04 bits per heavy atom. The van der Waals surface area contributed by atoms with E-state index >= 15 is 0 Å². The van der Waals surface area contributed by atoms with E-state index in [2.05, 4.69) is 0 Å². The predicted octanol–water partition coefficient (Wildman–Crippen LogP) is 4.56. The molecule has 6 heteroatoms. The average Bonchev–Trinajstić information content (AvgIpc) is 2.70. The van der Waals surface area contributed by atoms with Crippen LogP contribution in [0.15, 0.2) is 42.5 Å². The molecule has 0 aliphatic carbocycles. The van der Waals surface area contributed by atoms with Gasteiger partial charge in [-0.2, -0.15) is 0 Å². The zero-order valence-electron chi connectivity index (χ0n) is 16.0. The lowest BCUT2D eigenvalue weighted by atomic mass is 10.1. The summed E-state index contributed by atoms with van der Waals surface area (Å²) in [6.07, 6.45) is 1.10. The Morgan fingerprint density at radius 3 is 2.37 bits per heavy atom. The molecule has 0 saturated heterocycles. The summed E-state index contributed by atoms with van der Waals surface area (Å²) in [6, 6.07) is 12.9. The standard InChI is InChI=1S/C21H26ClNO4/c1-4-23(15-16-7-12-19(25-2)20(14-16)26-3)21(24)6-5-13-27-18-10-8-17(22)9-11-18/h7-12,14H,4-6,13,15H2,1-3H3. The number of benzene rings is 2. The van der Waals surface area contributed by atoms with Crippen molar-refractivity contribution in [2.24, 2.45) is 0 Å². The number of amides is 1. The minimum absolute atomic E-state index is 0.104. The first-order chi connectivity index (χ1) is 13.1. The van der Waals surface area contributed by atoms with Crippen molar-refractivity contribution in [3.63, 3.8) is 0 Å². The number of halogens is 1. The summed E-state index contributed by atoms with van der Waals surface area (Å²) in [5, 5.41) is 0.672. The zero-order valence-corrected chi connectivity index (χ0v) is 16.8. The normalized spacial score (nSPS) is 10.4. The SMILES string of the molecule is CCN(Cc1ccc(OC)c(OC)c1)C(=O)CCCOc1ccc(Cl)cc1. The minimum Gasteiger partial charge on any atom is -0.494 e. The molecule has 0 aliphatic rings. The van der Waals surface area contributed by atoms with Crippen LogP contribution in [0.1, 0.15) is 25.3 Å². The molecule has 0 spiro atoms. The fraction of sp³-hybridized carbons (Fsp3) is 0.381. The van der Waals surface area contributed by atoms with Gasteiger partial charge in [0.2, 0.25) is 5.91 Å². The van der Waals surface area contributed by atoms with Crippen LogP contribution >= 0.6 is 11.6 Å². The largest absolute Gasteiger partial charge is 0.494 e. The van der Waals surface area contributed by atoms with Gasteiger partial charge >= 0.3 is 0 Å². The quantitative estimate of drug-likeness (QED) is 0.557. The van der Waals surface area contributed by atoms with Crippen LogP contribution in [0, 0.1) is 0 Å². The molecule has 0 aliphatic heterocycles. The number of rotatable bonds is 10. The molecule has 0 bridgehead atoms. The third kappa shape index (κ3) is 6.36. The fourth-order valence-corrected chi connectivity index (χ4v) is 2.80. The highest BCUT2D eigenvalue weighted by molar-refractivity contribution is 6.30. The van der Waals surface area contributed by atoms with E-state index in [-0.39, 0.29) is 5.91 Å². The van der Waals surface area contributed by atoms with Gasteiger partial charge in [-0.05, 0) is 55.3 Å². The molecule has 0 aromatic heterocycles. The van der Waals surface area contributed by atoms with Crippen molar-refractivity contribution in [2.45, 2.75) is 26.3 Å². The van der Waals surface area contributed by atoms with Gasteiger partial charge in [0.25, 0.3) is 0 Å². The Labute approximate surface area is 165 Å². The lowest BCUT2D eigenvalue weighted by Crippen LogP contribution is -2.30. The first-order valence-electron chi connectivity index (χ1n) is 8.94. The van der Waals surface area contributed by atoms with Crippen molar-refractivity contribution in [3.8, 4) is 17.2 Å². The van der Waals surface area contributed by atoms with E-state index in [1.165, 1.54) is 0 Å². The molecule has 2 aromatic rings. The summed E-state index contributed by atoms with van der Waals surface area (Å²) < 4.78 is 16.2. The minimum atomic E-state index is 0.104. The summed E-state index contributed by atoms with van der Waals surface area (Å²) in [4.78, 5) is 14.3. The number of methoxy groups -OCH3 is 2. The Morgan fingerprint density at radius 2 is 1.74 bits per heavy atom. The lowest BCUT2D eigenvalue weighted by Gasteiger charge is -2.21. The van der Waals surface area contributed by atoms with Crippen LogP contribution < -0.4 is 14.2 Å². The number of ether oxygens (including phenoxy) is 3. The van der Waals surface area contributed by atoms with Crippen molar-refractivity contribution in [3.05, 3.63) is 53.1 Å². The van der Waals surface area contributed by atoms with E-state index in [1.54, 1.807) is 26.4 Å². The topological polar surface area (TPSA) is 48.0 Å². The monoisotopic (exact) mass is 391 g/mol. The summed E-state index contributed by atoms with van der Waals surface area (Å²) in [5.74, 6) is 2.20. The van der Waals surface area contributed by atoms with Crippen LogP contribution in [0.3, 0.4) is 0 Å². The highest BCUT2D eigenvalue weighted by atomic mass is 35.5. The number of nitrogens with zero attached hydrogens (tertiary/aromatic N) is 1. The van der Waals surface area contributed by atoms with Gasteiger partial charge in [-0.25, -0.2) is 0 Å². The Bertz CT molecular complexity index is 733. The molecular formula is C21H26ClNO4. The van der Waals surface area contributed by atoms with E-state index in [4.69, 9.17) is 25.8 Å². The number of hydrogen-bond donors (Lipinski definition) is 0. The van der Waals surface area contributed by atoms with Crippen molar-refractivity contribution in [2.75, 3.05) is 27.4 Å². The number of hydrogen-bond acceptors (Lipinski definition) is 4. The summed E-state index contributed by atoms with van der Waals surface area (Å²) in [5.41, 5.74) is 1.00. The van der Waals surface area contributed by atoms with Crippen LogP contribution in [0.4, 0.5) is 0 Å². The Balaban J connectivity index is 1.83. The fourth-order valence-electron chi connectivity index (χ4n) is 2.68. The van der Waals surface area contributed by atoms with Gasteiger partial charge in [-0.1, -0.05) is 17.7 Å². The Hall–Kier alpha value is -2.40. The van der Waals surface area contributed by atoms with Crippen molar-refractivity contribution >= 4 is 17.5 Å². The van der Waals surface area contributed by atoms with E-state index in [9.17, 15) is 4.79 Å². The maximum atomic E-state index is 12.5. The van der Waals surface area contributed by atoms with Gasteiger partial charge in [-0.3, -0.25) is 4.79 Å². The first-order valence-corrected chi connectivity index (χ1v) is 9.32. The highest BCUT2D eigenvalue weighted by Gasteiger charge is 2.13. The number of carbonyl (C=O) groups excluding carboxylic acids is 1. The summed E-state index contributed by atoms with van der Waals surface area (Å²) >= 11 is 5.85. The van der Waals surface area contributed by atoms with Gasteiger partial charge in [-0.15, -0.1) is 0 Å². The molecule has 0 radical (unpaired) electrons. The maximum absolute atomic E-state index is 12.5. The third-order valence-corrected chi connectivity index (χ3v) is 4.43. The maximum Gasteiger partial charge on any atom is 0.222 e. The van der Waals surface area contributed by atoms with Gasteiger partial charge in [0.15, 0.2) is 11.5 Å². The van der Waals surface area contributed by atoms with Gasteiger partial charge in [0, 0.05) is 24.5 Å². The van der Waals surface area contributed by atoms with E-state index in [1.807, 2.05) is 42.2 Å². The van der Waals surface area contributed by atoms with Gasteiger partial charge < -0.3 is 19.1 Å². The smallest absolute Gasteiger partial charge is 0.222 e. The first kappa shape index (κ1) is 20.9. The Kier molecular flexibility index (Phi) is 8.27. The van der Waals surface area contributed by atoms with E-state index in [0.29, 0.717) is 49.1 Å². The van der Waals surface area contributed by atoms with Crippen molar-refractivity contribution < 1.29 is 19.0 Å². The second-order valence-corrected chi connectivity index (χ2v) is 6.44. The highest BCUT2D eigenvalue weighted by Crippen LogP contribution is 2.28. The molecule has 146 valence electrons. The van der Waals surface area contributed by atoms with Gasteiger partial charge in [0.1, 0.15) is 5.75 Å². The second-order valence-electron chi connectivity index (χ2n) is 6.00. The van der Waals surface area contributed by atoms with E-state index in [0.717, 1.165) is 11.3 Å².